The van der Waals surface area contributed by atoms with Gasteiger partial charge in [-0.1, -0.05) is 0 Å². The summed E-state index contributed by atoms with van der Waals surface area (Å²) in [7, 11) is 1.63. The Labute approximate surface area is 141 Å². The molecule has 0 radical (unpaired) electrons. The van der Waals surface area contributed by atoms with Crippen LogP contribution < -0.4 is 4.74 Å². The number of rotatable bonds is 4. The first-order chi connectivity index (χ1) is 11.1. The van der Waals surface area contributed by atoms with Gasteiger partial charge in [0.25, 0.3) is 0 Å². The molecular formula is C17H18N2O3Se. The van der Waals surface area contributed by atoms with Crippen molar-refractivity contribution >= 4 is 26.8 Å². The molecule has 1 saturated heterocycles. The van der Waals surface area contributed by atoms with Crippen LogP contribution in [0.4, 0.5) is 0 Å². The van der Waals surface area contributed by atoms with Gasteiger partial charge in [-0.3, -0.25) is 0 Å². The van der Waals surface area contributed by atoms with Crippen LogP contribution in [0.2, 0.25) is 5.32 Å². The number of carbonyl (C=O) groups excluding carboxylic acids is 2. The number of nitriles is 1. The molecule has 0 aromatic heterocycles. The van der Waals surface area contributed by atoms with Gasteiger partial charge in [0.05, 0.1) is 0 Å². The minimum absolute atomic E-state index is 0.0812. The van der Waals surface area contributed by atoms with Gasteiger partial charge in [-0.15, -0.1) is 0 Å². The first-order valence-corrected chi connectivity index (χ1v) is 9.72. The number of amides is 2. The normalized spacial score (nSPS) is 23.0. The fourth-order valence-electron chi connectivity index (χ4n) is 3.70. The fraction of sp³-hybridized carbons (Fsp3) is 0.471. The molecule has 6 heteroatoms. The second kappa shape index (κ2) is 6.35. The van der Waals surface area contributed by atoms with Crippen LogP contribution in [0.25, 0.3) is 0 Å². The Morgan fingerprint density at radius 3 is 3.00 bits per heavy atom. The molecule has 0 saturated carbocycles. The van der Waals surface area contributed by atoms with Crippen LogP contribution in [0.3, 0.4) is 0 Å². The van der Waals surface area contributed by atoms with Gasteiger partial charge in [0, 0.05) is 0 Å². The van der Waals surface area contributed by atoms with E-state index in [1.807, 2.05) is 18.2 Å². The fourth-order valence-corrected chi connectivity index (χ4v) is 4.47. The van der Waals surface area contributed by atoms with Crippen LogP contribution in [0, 0.1) is 10.2 Å². The van der Waals surface area contributed by atoms with E-state index in [0.29, 0.717) is 11.9 Å². The summed E-state index contributed by atoms with van der Waals surface area (Å²) in [6, 6.07) is 5.79. The monoisotopic (exact) mass is 378 g/mol. The van der Waals surface area contributed by atoms with Crippen molar-refractivity contribution in [2.75, 3.05) is 13.7 Å². The van der Waals surface area contributed by atoms with Gasteiger partial charge in [-0.2, -0.15) is 0 Å². The molecule has 2 aliphatic rings. The zero-order valence-electron chi connectivity index (χ0n) is 13.0. The molecule has 1 aromatic rings. The van der Waals surface area contributed by atoms with E-state index in [-0.39, 0.29) is 33.2 Å². The van der Waals surface area contributed by atoms with Crippen molar-refractivity contribution in [1.82, 2.24) is 4.90 Å². The molecule has 1 aliphatic carbocycles. The third-order valence-corrected chi connectivity index (χ3v) is 5.85. The summed E-state index contributed by atoms with van der Waals surface area (Å²) in [5.41, 5.74) is 1.40. The Bertz CT molecular complexity index is 698. The Balaban J connectivity index is 1.93. The van der Waals surface area contributed by atoms with Gasteiger partial charge in [-0.05, 0) is 0 Å². The Kier molecular flexibility index (Phi) is 4.43. The summed E-state index contributed by atoms with van der Waals surface area (Å²) in [5.74, 6) is 0.598. The van der Waals surface area contributed by atoms with Crippen molar-refractivity contribution in [3.05, 3.63) is 29.3 Å². The number of benzene rings is 1. The van der Waals surface area contributed by atoms with E-state index in [9.17, 15) is 9.59 Å². The molecule has 1 atom stereocenters. The zero-order chi connectivity index (χ0) is 16.4. The second-order valence-electron chi connectivity index (χ2n) is 5.93. The first kappa shape index (κ1) is 16.0. The zero-order valence-corrected chi connectivity index (χ0v) is 14.7. The SMILES string of the molecule is COc1ccc2c(c1)CCCC21CC(=O)N(CC[Se]C#N)C1=O. The molecule has 2 amide bonds. The van der Waals surface area contributed by atoms with E-state index < -0.39 is 5.41 Å². The third-order valence-electron chi connectivity index (χ3n) is 4.77. The average Bonchev–Trinajstić information content (AvgIpc) is 2.79. The predicted octanol–water partition coefficient (Wildman–Crippen LogP) is 1.63. The van der Waals surface area contributed by atoms with Crippen molar-refractivity contribution in [2.45, 2.75) is 36.4 Å². The van der Waals surface area contributed by atoms with E-state index in [4.69, 9.17) is 10.00 Å². The number of methoxy groups -OCH3 is 1. The number of aryl methyl sites for hydroxylation is 1. The van der Waals surface area contributed by atoms with Gasteiger partial charge < -0.3 is 0 Å². The number of likely N-dealkylation sites (tertiary alicyclic amines) is 1. The minimum atomic E-state index is -0.698. The quantitative estimate of drug-likeness (QED) is 0.454. The molecule has 1 spiro atoms. The van der Waals surface area contributed by atoms with E-state index in [2.05, 4.69) is 4.97 Å². The Morgan fingerprint density at radius 2 is 2.26 bits per heavy atom. The maximum atomic E-state index is 13.0. The average molecular weight is 377 g/mol. The number of ether oxygens (including phenoxy) is 1. The van der Waals surface area contributed by atoms with E-state index in [0.717, 1.165) is 36.1 Å². The van der Waals surface area contributed by atoms with Crippen LogP contribution in [-0.4, -0.2) is 45.3 Å². The van der Waals surface area contributed by atoms with Crippen molar-refractivity contribution in [2.24, 2.45) is 0 Å². The number of hydrogen-bond acceptors (Lipinski definition) is 4. The molecule has 0 N–H and O–H groups in total. The number of fused-ring (bicyclic) bond motifs is 2. The molecule has 1 aliphatic heterocycles. The van der Waals surface area contributed by atoms with Crippen LogP contribution in [0.1, 0.15) is 30.4 Å². The number of hydrogen-bond donors (Lipinski definition) is 0. The summed E-state index contributed by atoms with van der Waals surface area (Å²) in [6.45, 7) is 0.373. The van der Waals surface area contributed by atoms with Crippen molar-refractivity contribution in [3.8, 4) is 10.7 Å². The standard InChI is InChI=1S/C17H18N2O3Se/c1-22-13-4-5-14-12(9-13)3-2-6-17(14)10-15(20)19(16(17)21)7-8-23-11-18/h4-5,9H,2-3,6-8,10H2,1H3. The van der Waals surface area contributed by atoms with Crippen LogP contribution in [0.5, 0.6) is 5.75 Å². The summed E-state index contributed by atoms with van der Waals surface area (Å²) in [5, 5.41) is 9.27. The molecule has 1 fully saturated rings. The van der Waals surface area contributed by atoms with E-state index >= 15 is 0 Å². The summed E-state index contributed by atoms with van der Waals surface area (Å²) in [6.07, 6.45) is 2.78. The van der Waals surface area contributed by atoms with E-state index in [1.54, 1.807) is 7.11 Å². The van der Waals surface area contributed by atoms with Crippen molar-refractivity contribution in [1.29, 1.82) is 5.26 Å². The first-order valence-electron chi connectivity index (χ1n) is 7.65. The topological polar surface area (TPSA) is 70.4 Å². The Morgan fingerprint density at radius 1 is 1.43 bits per heavy atom. The van der Waals surface area contributed by atoms with Gasteiger partial charge in [0.15, 0.2) is 0 Å². The molecule has 120 valence electrons. The molecule has 23 heavy (non-hydrogen) atoms. The van der Waals surface area contributed by atoms with Crippen LogP contribution in [-0.2, 0) is 21.4 Å². The molecule has 1 heterocycles. The van der Waals surface area contributed by atoms with Gasteiger partial charge >= 0.3 is 141 Å². The number of imide groups is 1. The summed E-state index contributed by atoms with van der Waals surface area (Å²) in [4.78, 5) is 28.9. The predicted molar refractivity (Wildman–Crippen MR) is 85.1 cm³/mol. The molecule has 1 aromatic carbocycles. The molecule has 5 nitrogen and oxygen atoms in total. The molecule has 3 rings (SSSR count). The van der Waals surface area contributed by atoms with Crippen molar-refractivity contribution < 1.29 is 14.3 Å². The van der Waals surface area contributed by atoms with Crippen LogP contribution in [0.15, 0.2) is 18.2 Å². The van der Waals surface area contributed by atoms with Crippen molar-refractivity contribution in [3.63, 3.8) is 0 Å². The van der Waals surface area contributed by atoms with E-state index in [1.165, 1.54) is 4.90 Å². The molecule has 0 bridgehead atoms. The van der Waals surface area contributed by atoms with Crippen LogP contribution >= 0.6 is 0 Å². The number of nitrogens with zero attached hydrogens (tertiary/aromatic N) is 2. The Hall–Kier alpha value is -1.83. The molecular weight excluding hydrogens is 359 g/mol. The third kappa shape index (κ3) is 2.65. The van der Waals surface area contributed by atoms with Gasteiger partial charge in [0.1, 0.15) is 0 Å². The molecule has 1 unspecified atom stereocenters. The van der Waals surface area contributed by atoms with Gasteiger partial charge in [0.2, 0.25) is 0 Å². The maximum absolute atomic E-state index is 13.0. The van der Waals surface area contributed by atoms with Gasteiger partial charge in [-0.25, -0.2) is 0 Å². The number of carbonyl (C=O) groups is 2. The second-order valence-corrected chi connectivity index (χ2v) is 7.77. The summed E-state index contributed by atoms with van der Waals surface area (Å²) < 4.78 is 5.28. The summed E-state index contributed by atoms with van der Waals surface area (Å²) >= 11 is -0.172.